The van der Waals surface area contributed by atoms with Crippen molar-refractivity contribution in [1.82, 2.24) is 10.2 Å². The lowest BCUT2D eigenvalue weighted by atomic mass is 9.98. The van der Waals surface area contributed by atoms with E-state index >= 15 is 0 Å². The van der Waals surface area contributed by atoms with Crippen molar-refractivity contribution in [2.75, 3.05) is 19.6 Å². The van der Waals surface area contributed by atoms with E-state index in [4.69, 9.17) is 5.73 Å². The van der Waals surface area contributed by atoms with Gasteiger partial charge in [-0.1, -0.05) is 42.5 Å². The van der Waals surface area contributed by atoms with Gasteiger partial charge in [0.1, 0.15) is 0 Å². The number of rotatable bonds is 6. The standard InChI is InChI=1S/C23H29N3O2/c24-12-11-22(27)25-15-17-8-3-4-13-26(17)23(28)21-14-20(21)19-10-5-7-16-6-1-2-9-18(16)19/h1-2,5-7,9-10,17,20-21H,3-4,8,11-15,24H2,(H,25,27). The molecule has 3 N–H and O–H groups in total. The number of benzene rings is 2. The summed E-state index contributed by atoms with van der Waals surface area (Å²) in [5.74, 6) is 0.621. The Morgan fingerprint density at radius 3 is 2.79 bits per heavy atom. The highest BCUT2D eigenvalue weighted by Gasteiger charge is 2.47. The minimum absolute atomic E-state index is 0.0273. The molecule has 28 heavy (non-hydrogen) atoms. The first kappa shape index (κ1) is 18.9. The molecule has 1 aliphatic heterocycles. The third kappa shape index (κ3) is 3.90. The Morgan fingerprint density at radius 2 is 1.93 bits per heavy atom. The summed E-state index contributed by atoms with van der Waals surface area (Å²) in [6, 6.07) is 14.9. The fraction of sp³-hybridized carbons (Fsp3) is 0.478. The average molecular weight is 380 g/mol. The summed E-state index contributed by atoms with van der Waals surface area (Å²) in [6.07, 6.45) is 4.38. The van der Waals surface area contributed by atoms with Crippen molar-refractivity contribution in [1.29, 1.82) is 0 Å². The van der Waals surface area contributed by atoms with E-state index in [1.807, 2.05) is 4.90 Å². The van der Waals surface area contributed by atoms with Gasteiger partial charge in [-0.2, -0.15) is 0 Å². The Labute approximate surface area is 166 Å². The smallest absolute Gasteiger partial charge is 0.226 e. The third-order valence-corrected chi connectivity index (χ3v) is 6.15. The van der Waals surface area contributed by atoms with Crippen LogP contribution in [0.15, 0.2) is 42.5 Å². The molecule has 148 valence electrons. The summed E-state index contributed by atoms with van der Waals surface area (Å²) < 4.78 is 0. The number of fused-ring (bicyclic) bond motifs is 1. The predicted octanol–water partition coefficient (Wildman–Crippen LogP) is 2.79. The fourth-order valence-corrected chi connectivity index (χ4v) is 4.55. The largest absolute Gasteiger partial charge is 0.354 e. The first-order valence-corrected chi connectivity index (χ1v) is 10.4. The molecule has 1 heterocycles. The molecule has 1 saturated heterocycles. The van der Waals surface area contributed by atoms with Crippen LogP contribution in [0, 0.1) is 5.92 Å². The zero-order valence-corrected chi connectivity index (χ0v) is 16.3. The number of carbonyl (C=O) groups is 2. The average Bonchev–Trinajstić information content (AvgIpc) is 3.52. The molecule has 2 amide bonds. The van der Waals surface area contributed by atoms with E-state index < -0.39 is 0 Å². The van der Waals surface area contributed by atoms with Crippen molar-refractivity contribution in [3.63, 3.8) is 0 Å². The van der Waals surface area contributed by atoms with E-state index in [1.54, 1.807) is 0 Å². The van der Waals surface area contributed by atoms with Gasteiger partial charge in [0.15, 0.2) is 0 Å². The molecule has 0 spiro atoms. The molecule has 1 aliphatic carbocycles. The SMILES string of the molecule is NCCC(=O)NCC1CCCCN1C(=O)C1CC1c1cccc2ccccc12. The van der Waals surface area contributed by atoms with Gasteiger partial charge in [0, 0.05) is 38.0 Å². The zero-order chi connectivity index (χ0) is 19.5. The van der Waals surface area contributed by atoms with Gasteiger partial charge in [-0.15, -0.1) is 0 Å². The van der Waals surface area contributed by atoms with Gasteiger partial charge in [0.2, 0.25) is 11.8 Å². The number of hydrogen-bond acceptors (Lipinski definition) is 3. The lowest BCUT2D eigenvalue weighted by Crippen LogP contribution is -2.50. The number of nitrogens with zero attached hydrogens (tertiary/aromatic N) is 1. The van der Waals surface area contributed by atoms with Crippen LogP contribution in [-0.4, -0.2) is 42.4 Å². The summed E-state index contributed by atoms with van der Waals surface area (Å²) in [5.41, 5.74) is 6.74. The highest BCUT2D eigenvalue weighted by molar-refractivity contribution is 5.89. The first-order chi connectivity index (χ1) is 13.7. The maximum atomic E-state index is 13.3. The monoisotopic (exact) mass is 379 g/mol. The Morgan fingerprint density at radius 1 is 1.11 bits per heavy atom. The molecule has 2 aromatic rings. The molecule has 5 heteroatoms. The molecular formula is C23H29N3O2. The number of nitrogens with two attached hydrogens (primary N) is 1. The van der Waals surface area contributed by atoms with Crippen LogP contribution in [0.4, 0.5) is 0 Å². The van der Waals surface area contributed by atoms with Gasteiger partial charge >= 0.3 is 0 Å². The highest BCUT2D eigenvalue weighted by atomic mass is 16.2. The summed E-state index contributed by atoms with van der Waals surface area (Å²) in [7, 11) is 0. The van der Waals surface area contributed by atoms with Gasteiger partial charge in [-0.3, -0.25) is 9.59 Å². The Hall–Kier alpha value is -2.40. The molecular weight excluding hydrogens is 350 g/mol. The quantitative estimate of drug-likeness (QED) is 0.810. The highest BCUT2D eigenvalue weighted by Crippen LogP contribution is 2.50. The Bertz CT molecular complexity index is 861. The molecule has 0 aromatic heterocycles. The zero-order valence-electron chi connectivity index (χ0n) is 16.3. The van der Waals surface area contributed by atoms with E-state index in [9.17, 15) is 9.59 Å². The maximum absolute atomic E-state index is 13.3. The van der Waals surface area contributed by atoms with Gasteiger partial charge in [-0.25, -0.2) is 0 Å². The molecule has 0 radical (unpaired) electrons. The van der Waals surface area contributed by atoms with Gasteiger partial charge < -0.3 is 16.0 Å². The van der Waals surface area contributed by atoms with Gasteiger partial charge in [0.05, 0.1) is 0 Å². The summed E-state index contributed by atoms with van der Waals surface area (Å²) in [5, 5.41) is 5.44. The van der Waals surface area contributed by atoms with Gasteiger partial charge in [-0.05, 0) is 47.9 Å². The van der Waals surface area contributed by atoms with Crippen LogP contribution < -0.4 is 11.1 Å². The molecule has 3 atom stereocenters. The number of hydrogen-bond donors (Lipinski definition) is 2. The summed E-state index contributed by atoms with van der Waals surface area (Å²) in [6.45, 7) is 1.69. The van der Waals surface area contributed by atoms with E-state index in [1.165, 1.54) is 16.3 Å². The lowest BCUT2D eigenvalue weighted by Gasteiger charge is -2.36. The van der Waals surface area contributed by atoms with Crippen molar-refractivity contribution in [2.24, 2.45) is 11.7 Å². The lowest BCUT2D eigenvalue weighted by molar-refractivity contribution is -0.137. The molecule has 1 saturated carbocycles. The molecule has 3 unspecified atom stereocenters. The molecule has 5 nitrogen and oxygen atoms in total. The molecule has 0 bridgehead atoms. The van der Waals surface area contributed by atoms with E-state index in [2.05, 4.69) is 47.8 Å². The second-order valence-electron chi connectivity index (χ2n) is 8.04. The van der Waals surface area contributed by atoms with Crippen LogP contribution in [0.1, 0.15) is 43.6 Å². The third-order valence-electron chi connectivity index (χ3n) is 6.15. The van der Waals surface area contributed by atoms with Crippen molar-refractivity contribution in [3.05, 3.63) is 48.0 Å². The van der Waals surface area contributed by atoms with Crippen molar-refractivity contribution in [3.8, 4) is 0 Å². The summed E-state index contributed by atoms with van der Waals surface area (Å²) in [4.78, 5) is 27.1. The second kappa shape index (κ2) is 8.31. The predicted molar refractivity (Wildman–Crippen MR) is 111 cm³/mol. The first-order valence-electron chi connectivity index (χ1n) is 10.4. The normalized spacial score (nSPS) is 24.2. The van der Waals surface area contributed by atoms with E-state index in [0.29, 0.717) is 25.4 Å². The number of piperidine rings is 1. The van der Waals surface area contributed by atoms with Crippen LogP contribution in [0.5, 0.6) is 0 Å². The molecule has 4 rings (SSSR count). The van der Waals surface area contributed by atoms with Crippen LogP contribution in [-0.2, 0) is 9.59 Å². The van der Waals surface area contributed by atoms with Crippen LogP contribution in [0.2, 0.25) is 0 Å². The number of amides is 2. The minimum Gasteiger partial charge on any atom is -0.354 e. The maximum Gasteiger partial charge on any atom is 0.226 e. The number of likely N-dealkylation sites (tertiary alicyclic amines) is 1. The van der Waals surface area contributed by atoms with Crippen LogP contribution in [0.3, 0.4) is 0 Å². The minimum atomic E-state index is -0.0273. The van der Waals surface area contributed by atoms with Crippen LogP contribution in [0.25, 0.3) is 10.8 Å². The molecule has 2 aliphatic rings. The second-order valence-corrected chi connectivity index (χ2v) is 8.04. The fourth-order valence-electron chi connectivity index (χ4n) is 4.55. The van der Waals surface area contributed by atoms with Crippen molar-refractivity contribution < 1.29 is 9.59 Å². The van der Waals surface area contributed by atoms with E-state index in [-0.39, 0.29) is 23.8 Å². The number of nitrogens with one attached hydrogen (secondary N) is 1. The van der Waals surface area contributed by atoms with Crippen molar-refractivity contribution >= 4 is 22.6 Å². The van der Waals surface area contributed by atoms with Gasteiger partial charge in [0.25, 0.3) is 0 Å². The molecule has 2 aromatic carbocycles. The summed E-state index contributed by atoms with van der Waals surface area (Å²) >= 11 is 0. The molecule has 2 fully saturated rings. The Balaban J connectivity index is 1.44. The van der Waals surface area contributed by atoms with Crippen LogP contribution >= 0.6 is 0 Å². The topological polar surface area (TPSA) is 75.4 Å². The van der Waals surface area contributed by atoms with Crippen molar-refractivity contribution in [2.45, 2.75) is 44.1 Å². The van der Waals surface area contributed by atoms with E-state index in [0.717, 1.165) is 32.2 Å². The number of carbonyl (C=O) groups excluding carboxylic acids is 2. The Kier molecular flexibility index (Phi) is 5.62.